The average Bonchev–Trinajstić information content (AvgIpc) is 3.50. The molecule has 1 amide bonds. The van der Waals surface area contributed by atoms with Crippen LogP contribution in [0.4, 0.5) is 5.13 Å². The van der Waals surface area contributed by atoms with E-state index in [4.69, 9.17) is 13.9 Å². The van der Waals surface area contributed by atoms with Gasteiger partial charge >= 0.3 is 5.97 Å². The molecule has 2 aliphatic carbocycles. The largest absolute Gasteiger partial charge is 0.493 e. The smallest absolute Gasteiger partial charge is 0.315 e. The van der Waals surface area contributed by atoms with E-state index in [1.165, 1.54) is 16.9 Å². The van der Waals surface area contributed by atoms with Crippen LogP contribution in [0.15, 0.2) is 22.6 Å². The number of esters is 1. The maximum atomic E-state index is 12.9. The van der Waals surface area contributed by atoms with Crippen LogP contribution in [0.2, 0.25) is 0 Å². The number of amides is 1. The molecule has 2 aromatic heterocycles. The van der Waals surface area contributed by atoms with E-state index >= 15 is 0 Å². The highest BCUT2D eigenvalue weighted by Crippen LogP contribution is 2.40. The molecule has 0 bridgehead atoms. The molecular weight excluding hydrogens is 464 g/mol. The Bertz CT molecular complexity index is 1320. The Hall–Kier alpha value is -3.13. The summed E-state index contributed by atoms with van der Waals surface area (Å²) in [4.78, 5) is 30.7. The standard InChI is InChI=1S/C27H30N2O5S/c1-4-32-21-14-22-19(16-8-6-7-9-20(16)34-22)13-18(21)15(3)12-24(30)28-27-29-25-17(26(31)33-5-2)10-11-23(25)35-27/h12-14,17H,4-11H2,1-3H3,(H,28,29,30)/b15-12+. The van der Waals surface area contributed by atoms with Gasteiger partial charge in [-0.15, -0.1) is 11.3 Å². The Morgan fingerprint density at radius 3 is 2.83 bits per heavy atom. The van der Waals surface area contributed by atoms with E-state index in [1.807, 2.05) is 19.9 Å². The third-order valence-corrected chi connectivity index (χ3v) is 7.69. The summed E-state index contributed by atoms with van der Waals surface area (Å²) in [5.74, 6) is 0.927. The number of nitrogens with zero attached hydrogens (tertiary/aromatic N) is 1. The average molecular weight is 495 g/mol. The third kappa shape index (κ3) is 4.59. The second kappa shape index (κ2) is 9.85. The summed E-state index contributed by atoms with van der Waals surface area (Å²) in [6, 6.07) is 4.04. The lowest BCUT2D eigenvalue weighted by Crippen LogP contribution is -2.14. The van der Waals surface area contributed by atoms with Crippen molar-refractivity contribution in [3.05, 3.63) is 45.7 Å². The lowest BCUT2D eigenvalue weighted by Gasteiger charge is -2.12. The lowest BCUT2D eigenvalue weighted by molar-refractivity contribution is -0.145. The molecule has 0 radical (unpaired) electrons. The van der Waals surface area contributed by atoms with Crippen LogP contribution in [0.3, 0.4) is 0 Å². The molecule has 1 unspecified atom stereocenters. The molecule has 0 spiro atoms. The predicted molar refractivity (Wildman–Crippen MR) is 136 cm³/mol. The van der Waals surface area contributed by atoms with Gasteiger partial charge in [-0.1, -0.05) is 0 Å². The molecule has 0 fully saturated rings. The number of anilines is 1. The number of nitrogens with one attached hydrogen (secondary N) is 1. The van der Waals surface area contributed by atoms with Gasteiger partial charge in [-0.05, 0) is 64.5 Å². The molecule has 0 saturated heterocycles. The number of aryl methyl sites for hydroxylation is 3. The van der Waals surface area contributed by atoms with Gasteiger partial charge in [-0.3, -0.25) is 14.9 Å². The van der Waals surface area contributed by atoms with Gasteiger partial charge in [-0.25, -0.2) is 4.98 Å². The highest BCUT2D eigenvalue weighted by Gasteiger charge is 2.33. The Morgan fingerprint density at radius 1 is 1.20 bits per heavy atom. The topological polar surface area (TPSA) is 90.7 Å². The fourth-order valence-corrected chi connectivity index (χ4v) is 6.08. The van der Waals surface area contributed by atoms with E-state index in [1.54, 1.807) is 13.0 Å². The highest BCUT2D eigenvalue weighted by atomic mass is 32.1. The van der Waals surface area contributed by atoms with Crippen molar-refractivity contribution in [1.82, 2.24) is 4.98 Å². The van der Waals surface area contributed by atoms with E-state index in [-0.39, 0.29) is 17.8 Å². The maximum Gasteiger partial charge on any atom is 0.315 e. The van der Waals surface area contributed by atoms with Crippen molar-refractivity contribution < 1.29 is 23.5 Å². The molecule has 0 saturated carbocycles. The first-order valence-electron chi connectivity index (χ1n) is 12.4. The van der Waals surface area contributed by atoms with Crippen LogP contribution in [0.1, 0.15) is 73.4 Å². The zero-order valence-electron chi connectivity index (χ0n) is 20.4. The van der Waals surface area contributed by atoms with E-state index < -0.39 is 0 Å². The summed E-state index contributed by atoms with van der Waals surface area (Å²) in [6.45, 7) is 6.52. The molecule has 0 aliphatic heterocycles. The predicted octanol–water partition coefficient (Wildman–Crippen LogP) is 5.80. The van der Waals surface area contributed by atoms with E-state index in [0.29, 0.717) is 30.5 Å². The van der Waals surface area contributed by atoms with Gasteiger partial charge in [0.1, 0.15) is 23.0 Å². The van der Waals surface area contributed by atoms with Gasteiger partial charge in [0.05, 0.1) is 18.9 Å². The van der Waals surface area contributed by atoms with Crippen LogP contribution >= 0.6 is 11.3 Å². The van der Waals surface area contributed by atoms with Crippen molar-refractivity contribution in [2.75, 3.05) is 18.5 Å². The quantitative estimate of drug-likeness (QED) is 0.330. The van der Waals surface area contributed by atoms with Crippen molar-refractivity contribution in [1.29, 1.82) is 0 Å². The first kappa shape index (κ1) is 23.6. The molecule has 1 N–H and O–H groups in total. The number of hydrogen-bond donors (Lipinski definition) is 1. The summed E-state index contributed by atoms with van der Waals surface area (Å²) < 4.78 is 17.2. The molecule has 7 nitrogen and oxygen atoms in total. The number of rotatable bonds is 7. The van der Waals surface area contributed by atoms with Crippen LogP contribution in [-0.2, 0) is 33.6 Å². The summed E-state index contributed by atoms with van der Waals surface area (Å²) >= 11 is 1.43. The van der Waals surface area contributed by atoms with E-state index in [2.05, 4.69) is 16.4 Å². The fourth-order valence-electron chi connectivity index (χ4n) is 5.04. The van der Waals surface area contributed by atoms with Crippen molar-refractivity contribution in [3.63, 3.8) is 0 Å². The Morgan fingerprint density at radius 2 is 2.03 bits per heavy atom. The number of carbonyl (C=O) groups is 2. The summed E-state index contributed by atoms with van der Waals surface area (Å²) in [5.41, 5.74) is 4.54. The second-order valence-electron chi connectivity index (χ2n) is 8.98. The number of allylic oxidation sites excluding steroid dienone is 1. The van der Waals surface area contributed by atoms with Gasteiger partial charge in [0.15, 0.2) is 5.13 Å². The lowest BCUT2D eigenvalue weighted by atomic mass is 9.94. The van der Waals surface area contributed by atoms with Crippen molar-refractivity contribution >= 4 is 44.9 Å². The van der Waals surface area contributed by atoms with E-state index in [0.717, 1.165) is 70.5 Å². The maximum absolute atomic E-state index is 12.9. The number of carbonyl (C=O) groups excluding carboxylic acids is 2. The van der Waals surface area contributed by atoms with Gasteiger partial charge in [0.25, 0.3) is 0 Å². The number of aromatic nitrogens is 1. The molecular formula is C27H30N2O5S. The van der Waals surface area contributed by atoms with Crippen molar-refractivity contribution in [2.45, 2.75) is 65.2 Å². The SMILES string of the molecule is CCOC(=O)C1CCc2sc(NC(=O)/C=C(\C)c3cc4c5c(oc4cc3OCC)CCCC5)nc21. The number of benzene rings is 1. The number of fused-ring (bicyclic) bond motifs is 4. The van der Waals surface area contributed by atoms with Crippen LogP contribution in [-0.4, -0.2) is 30.1 Å². The fraction of sp³-hybridized carbons (Fsp3) is 0.444. The minimum Gasteiger partial charge on any atom is -0.493 e. The minimum atomic E-state index is -0.342. The number of hydrogen-bond acceptors (Lipinski definition) is 7. The summed E-state index contributed by atoms with van der Waals surface area (Å²) in [7, 11) is 0. The van der Waals surface area contributed by atoms with Gasteiger partial charge in [0, 0.05) is 40.0 Å². The second-order valence-corrected chi connectivity index (χ2v) is 10.1. The van der Waals surface area contributed by atoms with Crippen LogP contribution < -0.4 is 10.1 Å². The minimum absolute atomic E-state index is 0.245. The first-order valence-corrected chi connectivity index (χ1v) is 13.2. The number of thiazole rings is 1. The molecule has 2 aliphatic rings. The third-order valence-electron chi connectivity index (χ3n) is 6.65. The van der Waals surface area contributed by atoms with E-state index in [9.17, 15) is 9.59 Å². The zero-order chi connectivity index (χ0) is 24.5. The van der Waals surface area contributed by atoms with Gasteiger partial charge < -0.3 is 13.9 Å². The molecule has 5 rings (SSSR count). The Balaban J connectivity index is 1.39. The van der Waals surface area contributed by atoms with Crippen molar-refractivity contribution in [3.8, 4) is 5.75 Å². The first-order chi connectivity index (χ1) is 17.0. The molecule has 8 heteroatoms. The van der Waals surface area contributed by atoms with Gasteiger partial charge in [-0.2, -0.15) is 0 Å². The zero-order valence-corrected chi connectivity index (χ0v) is 21.2. The number of ether oxygens (including phenoxy) is 2. The monoisotopic (exact) mass is 494 g/mol. The molecule has 35 heavy (non-hydrogen) atoms. The van der Waals surface area contributed by atoms with Crippen molar-refractivity contribution in [2.24, 2.45) is 0 Å². The van der Waals surface area contributed by atoms with Crippen LogP contribution in [0, 0.1) is 0 Å². The number of furan rings is 1. The Kier molecular flexibility index (Phi) is 6.65. The van der Waals surface area contributed by atoms with Crippen LogP contribution in [0.5, 0.6) is 5.75 Å². The molecule has 2 heterocycles. The molecule has 184 valence electrons. The Labute approximate surface area is 208 Å². The molecule has 3 aromatic rings. The summed E-state index contributed by atoms with van der Waals surface area (Å²) in [6.07, 6.45) is 7.35. The normalized spacial score (nSPS) is 17.2. The highest BCUT2D eigenvalue weighted by molar-refractivity contribution is 7.16. The molecule has 1 aromatic carbocycles. The summed E-state index contributed by atoms with van der Waals surface area (Å²) in [5, 5.41) is 4.48. The van der Waals surface area contributed by atoms with Gasteiger partial charge in [0.2, 0.25) is 5.91 Å². The molecule has 1 atom stereocenters. The van der Waals surface area contributed by atoms with Crippen LogP contribution in [0.25, 0.3) is 16.5 Å².